The molecule has 1 N–H and O–H groups in total. The highest BCUT2D eigenvalue weighted by molar-refractivity contribution is 6.36. The Morgan fingerprint density at radius 1 is 0.800 bits per heavy atom. The fourth-order valence-electron chi connectivity index (χ4n) is 4.26. The lowest BCUT2D eigenvalue weighted by molar-refractivity contribution is -0.130. The van der Waals surface area contributed by atoms with E-state index in [4.69, 9.17) is 23.2 Å². The van der Waals surface area contributed by atoms with Gasteiger partial charge in [0.15, 0.2) is 0 Å². The van der Waals surface area contributed by atoms with Crippen molar-refractivity contribution >= 4 is 46.4 Å². The first-order chi connectivity index (χ1) is 17.0. The Balaban J connectivity index is 1.22. The summed E-state index contributed by atoms with van der Waals surface area (Å²) in [5.74, 6) is 0.0596. The molecule has 0 aliphatic carbocycles. The zero-order valence-electron chi connectivity index (χ0n) is 19.6. The Labute approximate surface area is 216 Å². The van der Waals surface area contributed by atoms with E-state index in [-0.39, 0.29) is 18.2 Å². The van der Waals surface area contributed by atoms with Gasteiger partial charge in [-0.3, -0.25) is 9.59 Å². The Hall–Kier alpha value is -3.02. The average molecular weight is 510 g/mol. The first-order valence-corrected chi connectivity index (χ1v) is 12.6. The van der Waals surface area contributed by atoms with Crippen molar-refractivity contribution < 1.29 is 9.59 Å². The van der Waals surface area contributed by atoms with E-state index in [9.17, 15) is 9.59 Å². The van der Waals surface area contributed by atoms with Crippen LogP contribution in [-0.4, -0.2) is 42.9 Å². The van der Waals surface area contributed by atoms with Crippen LogP contribution in [0.1, 0.15) is 24.0 Å². The molecule has 0 unspecified atom stereocenters. The van der Waals surface area contributed by atoms with Crippen molar-refractivity contribution in [2.24, 2.45) is 0 Å². The molecule has 0 aromatic heterocycles. The summed E-state index contributed by atoms with van der Waals surface area (Å²) in [5.41, 5.74) is 3.80. The zero-order chi connectivity index (χ0) is 24.6. The molecule has 5 nitrogen and oxygen atoms in total. The second-order valence-electron chi connectivity index (χ2n) is 8.68. The molecule has 2 amide bonds. The molecule has 1 saturated heterocycles. The molecule has 0 spiro atoms. The van der Waals surface area contributed by atoms with Crippen LogP contribution in [0.5, 0.6) is 0 Å². The predicted octanol–water partition coefficient (Wildman–Crippen LogP) is 5.85. The predicted molar refractivity (Wildman–Crippen MR) is 143 cm³/mol. The number of piperazine rings is 1. The molecular weight excluding hydrogens is 481 g/mol. The number of carbonyl (C=O) groups is 2. The molecule has 7 heteroatoms. The SMILES string of the molecule is O=C(CCCc1ccccc1)Nc1ccc(N2CCN(C(=O)Cc3c(Cl)cccc3Cl)CC2)cc1. The van der Waals surface area contributed by atoms with Crippen molar-refractivity contribution in [2.75, 3.05) is 36.4 Å². The maximum Gasteiger partial charge on any atom is 0.227 e. The monoisotopic (exact) mass is 509 g/mol. The molecule has 1 fully saturated rings. The van der Waals surface area contributed by atoms with Crippen LogP contribution < -0.4 is 10.2 Å². The average Bonchev–Trinajstić information content (AvgIpc) is 2.87. The molecule has 0 bridgehead atoms. The van der Waals surface area contributed by atoms with Crippen LogP contribution in [-0.2, 0) is 22.4 Å². The van der Waals surface area contributed by atoms with Crippen LogP contribution in [0.4, 0.5) is 11.4 Å². The summed E-state index contributed by atoms with van der Waals surface area (Å²) < 4.78 is 0. The van der Waals surface area contributed by atoms with Crippen molar-refractivity contribution in [3.63, 3.8) is 0 Å². The van der Waals surface area contributed by atoms with Crippen LogP contribution in [0.3, 0.4) is 0 Å². The van der Waals surface area contributed by atoms with E-state index in [1.54, 1.807) is 18.2 Å². The molecule has 3 aromatic carbocycles. The van der Waals surface area contributed by atoms with E-state index in [2.05, 4.69) is 22.3 Å². The van der Waals surface area contributed by atoms with Crippen LogP contribution >= 0.6 is 23.2 Å². The van der Waals surface area contributed by atoms with Crippen LogP contribution in [0.25, 0.3) is 0 Å². The van der Waals surface area contributed by atoms with Gasteiger partial charge in [-0.1, -0.05) is 59.6 Å². The van der Waals surface area contributed by atoms with E-state index in [0.29, 0.717) is 35.1 Å². The fourth-order valence-corrected chi connectivity index (χ4v) is 4.79. The van der Waals surface area contributed by atoms with E-state index >= 15 is 0 Å². The second-order valence-corrected chi connectivity index (χ2v) is 9.49. The van der Waals surface area contributed by atoms with Crippen LogP contribution in [0.15, 0.2) is 72.8 Å². The van der Waals surface area contributed by atoms with Crippen LogP contribution in [0.2, 0.25) is 10.0 Å². The Morgan fingerprint density at radius 3 is 2.11 bits per heavy atom. The van der Waals surface area contributed by atoms with Gasteiger partial charge in [-0.15, -0.1) is 0 Å². The number of anilines is 2. The highest BCUT2D eigenvalue weighted by atomic mass is 35.5. The van der Waals surface area contributed by atoms with Crippen molar-refractivity contribution in [1.82, 2.24) is 4.90 Å². The number of benzene rings is 3. The number of hydrogen-bond acceptors (Lipinski definition) is 3. The topological polar surface area (TPSA) is 52.7 Å². The molecule has 1 heterocycles. The van der Waals surface area contributed by atoms with Gasteiger partial charge in [0.25, 0.3) is 0 Å². The van der Waals surface area contributed by atoms with Gasteiger partial charge in [0.2, 0.25) is 11.8 Å². The minimum absolute atomic E-state index is 0.0273. The standard InChI is InChI=1S/C28H29Cl2N3O2/c29-25-9-5-10-26(30)24(25)20-28(35)33-18-16-32(17-19-33)23-14-12-22(13-15-23)31-27(34)11-4-8-21-6-2-1-3-7-21/h1-3,5-7,9-10,12-15H,4,8,11,16-20H2,(H,31,34). The van der Waals surface area contributed by atoms with Gasteiger partial charge in [0, 0.05) is 54.0 Å². The molecule has 3 aromatic rings. The number of aryl methyl sites for hydroxylation is 1. The van der Waals surface area contributed by atoms with Crippen molar-refractivity contribution in [2.45, 2.75) is 25.7 Å². The highest BCUT2D eigenvalue weighted by Gasteiger charge is 2.22. The van der Waals surface area contributed by atoms with Gasteiger partial charge in [-0.25, -0.2) is 0 Å². The van der Waals surface area contributed by atoms with Crippen molar-refractivity contribution in [3.05, 3.63) is 94.0 Å². The number of nitrogens with zero attached hydrogens (tertiary/aromatic N) is 2. The molecule has 4 rings (SSSR count). The third kappa shape index (κ3) is 7.00. The zero-order valence-corrected chi connectivity index (χ0v) is 21.1. The highest BCUT2D eigenvalue weighted by Crippen LogP contribution is 2.26. The molecule has 0 atom stereocenters. The smallest absolute Gasteiger partial charge is 0.227 e. The van der Waals surface area contributed by atoms with Gasteiger partial charge < -0.3 is 15.1 Å². The normalized spacial score (nSPS) is 13.5. The summed E-state index contributed by atoms with van der Waals surface area (Å²) in [5, 5.41) is 4.02. The maximum atomic E-state index is 12.8. The molecule has 0 saturated carbocycles. The van der Waals surface area contributed by atoms with Gasteiger partial charge in [-0.2, -0.15) is 0 Å². The number of rotatable bonds is 8. The number of carbonyl (C=O) groups excluding carboxylic acids is 2. The van der Waals surface area contributed by atoms with Gasteiger partial charge in [-0.05, 0) is 60.4 Å². The lowest BCUT2D eigenvalue weighted by Crippen LogP contribution is -2.49. The third-order valence-corrected chi connectivity index (χ3v) is 6.96. The summed E-state index contributed by atoms with van der Waals surface area (Å²) in [4.78, 5) is 29.2. The lowest BCUT2D eigenvalue weighted by Gasteiger charge is -2.36. The first kappa shape index (κ1) is 25.1. The Bertz CT molecular complexity index is 1120. The number of halogens is 2. The minimum atomic E-state index is 0.0273. The van der Waals surface area contributed by atoms with Gasteiger partial charge in [0.1, 0.15) is 0 Å². The Kier molecular flexibility index (Phi) is 8.67. The van der Waals surface area contributed by atoms with Crippen LogP contribution in [0, 0.1) is 0 Å². The van der Waals surface area contributed by atoms with E-state index in [1.165, 1.54) is 5.56 Å². The molecule has 35 heavy (non-hydrogen) atoms. The largest absolute Gasteiger partial charge is 0.368 e. The Morgan fingerprint density at radius 2 is 1.46 bits per heavy atom. The molecular formula is C28H29Cl2N3O2. The number of amides is 2. The molecule has 1 aliphatic rings. The van der Waals surface area contributed by atoms with Crippen molar-refractivity contribution in [1.29, 1.82) is 0 Å². The number of nitrogens with one attached hydrogen (secondary N) is 1. The third-order valence-electron chi connectivity index (χ3n) is 6.25. The molecule has 182 valence electrons. The summed E-state index contributed by atoms with van der Waals surface area (Å²) in [6.45, 7) is 2.77. The summed E-state index contributed by atoms with van der Waals surface area (Å²) in [6.07, 6.45) is 2.41. The molecule has 1 aliphatic heterocycles. The minimum Gasteiger partial charge on any atom is -0.368 e. The fraction of sp³-hybridized carbons (Fsp3) is 0.286. The summed E-state index contributed by atoms with van der Waals surface area (Å²) in [6, 6.07) is 23.4. The van der Waals surface area contributed by atoms with Gasteiger partial charge in [0.05, 0.1) is 6.42 Å². The summed E-state index contributed by atoms with van der Waals surface area (Å²) in [7, 11) is 0. The second kappa shape index (κ2) is 12.1. The van der Waals surface area contributed by atoms with E-state index in [0.717, 1.165) is 37.3 Å². The lowest BCUT2D eigenvalue weighted by atomic mass is 10.1. The maximum absolute atomic E-state index is 12.8. The van der Waals surface area contributed by atoms with Gasteiger partial charge >= 0.3 is 0 Å². The van der Waals surface area contributed by atoms with E-state index in [1.807, 2.05) is 47.4 Å². The van der Waals surface area contributed by atoms with Crippen molar-refractivity contribution in [3.8, 4) is 0 Å². The van der Waals surface area contributed by atoms with E-state index < -0.39 is 0 Å². The molecule has 0 radical (unpaired) electrons. The number of hydrogen-bond donors (Lipinski definition) is 1. The first-order valence-electron chi connectivity index (χ1n) is 11.9. The summed E-state index contributed by atoms with van der Waals surface area (Å²) >= 11 is 12.4. The quantitative estimate of drug-likeness (QED) is 0.414.